The van der Waals surface area contributed by atoms with Crippen LogP contribution in [0.3, 0.4) is 0 Å². The Labute approximate surface area is 133 Å². The number of morpholine rings is 1. The van der Waals surface area contributed by atoms with Gasteiger partial charge in [-0.1, -0.05) is 11.6 Å². The first-order valence-electron chi connectivity index (χ1n) is 7.08. The Hall–Kier alpha value is -1.70. The molecule has 0 bridgehead atoms. The number of rotatable bonds is 5. The van der Waals surface area contributed by atoms with Gasteiger partial charge in [0.25, 0.3) is 5.91 Å². The summed E-state index contributed by atoms with van der Waals surface area (Å²) in [6.07, 6.45) is -0.0916. The highest BCUT2D eigenvalue weighted by molar-refractivity contribution is 6.34. The van der Waals surface area contributed by atoms with Gasteiger partial charge in [0.15, 0.2) is 11.5 Å². The molecule has 1 aromatic carbocycles. The van der Waals surface area contributed by atoms with E-state index in [-0.39, 0.29) is 40.5 Å². The number of phenolic OH excluding ortho intramolecular Hbond substituents is 1. The van der Waals surface area contributed by atoms with Crippen LogP contribution in [-0.2, 0) is 4.74 Å². The first-order chi connectivity index (χ1) is 10.5. The summed E-state index contributed by atoms with van der Waals surface area (Å²) >= 11 is 5.93. The van der Waals surface area contributed by atoms with Gasteiger partial charge >= 0.3 is 0 Å². The number of carbonyl (C=O) groups is 1. The number of hydrogen-bond donors (Lipinski definition) is 4. The molecule has 0 saturated carbocycles. The Kier molecular flexibility index (Phi) is 5.70. The number of halogens is 1. The Morgan fingerprint density at radius 1 is 1.68 bits per heavy atom. The van der Waals surface area contributed by atoms with Crippen molar-refractivity contribution in [3.63, 3.8) is 0 Å². The van der Waals surface area contributed by atoms with Crippen molar-refractivity contribution in [2.75, 3.05) is 38.6 Å². The molecule has 5 N–H and O–H groups in total. The van der Waals surface area contributed by atoms with E-state index in [1.165, 1.54) is 6.07 Å². The van der Waals surface area contributed by atoms with Crippen LogP contribution in [0.15, 0.2) is 6.07 Å². The number of ether oxygens (including phenoxy) is 2. The zero-order chi connectivity index (χ0) is 16.1. The molecule has 0 unspecified atom stereocenters. The highest BCUT2D eigenvalue weighted by atomic mass is 35.5. The van der Waals surface area contributed by atoms with E-state index in [0.29, 0.717) is 19.7 Å². The lowest BCUT2D eigenvalue weighted by Crippen LogP contribution is -2.45. The number of anilines is 1. The molecule has 8 heteroatoms. The van der Waals surface area contributed by atoms with Gasteiger partial charge in [-0.15, -0.1) is 0 Å². The van der Waals surface area contributed by atoms with Crippen molar-refractivity contribution in [2.24, 2.45) is 0 Å². The van der Waals surface area contributed by atoms with Gasteiger partial charge in [0.1, 0.15) is 0 Å². The number of amides is 1. The van der Waals surface area contributed by atoms with Crippen molar-refractivity contribution in [2.45, 2.75) is 13.0 Å². The molecule has 0 aromatic heterocycles. The smallest absolute Gasteiger partial charge is 0.255 e. The van der Waals surface area contributed by atoms with Crippen LogP contribution in [0.25, 0.3) is 0 Å². The molecule has 0 radical (unpaired) electrons. The van der Waals surface area contributed by atoms with Crippen molar-refractivity contribution in [1.29, 1.82) is 0 Å². The van der Waals surface area contributed by atoms with Crippen molar-refractivity contribution in [3.05, 3.63) is 16.7 Å². The summed E-state index contributed by atoms with van der Waals surface area (Å²) < 4.78 is 10.8. The lowest BCUT2D eigenvalue weighted by molar-refractivity contribution is 0.0287. The Balaban J connectivity index is 2.13. The largest absolute Gasteiger partial charge is 0.503 e. The van der Waals surface area contributed by atoms with E-state index in [2.05, 4.69) is 10.6 Å². The zero-order valence-electron chi connectivity index (χ0n) is 12.3. The third-order valence-corrected chi connectivity index (χ3v) is 3.58. The summed E-state index contributed by atoms with van der Waals surface area (Å²) in [7, 11) is 0. The predicted molar refractivity (Wildman–Crippen MR) is 83.6 cm³/mol. The van der Waals surface area contributed by atoms with Gasteiger partial charge < -0.3 is 30.9 Å². The monoisotopic (exact) mass is 329 g/mol. The van der Waals surface area contributed by atoms with Crippen LogP contribution < -0.4 is 21.1 Å². The fourth-order valence-electron chi connectivity index (χ4n) is 2.14. The summed E-state index contributed by atoms with van der Waals surface area (Å²) in [5.74, 6) is -0.700. The maximum absolute atomic E-state index is 12.3. The molecular weight excluding hydrogens is 310 g/mol. The summed E-state index contributed by atoms with van der Waals surface area (Å²) in [5, 5.41) is 16.0. The molecule has 1 saturated heterocycles. The fraction of sp³-hybridized carbons (Fsp3) is 0.500. The van der Waals surface area contributed by atoms with Gasteiger partial charge in [0, 0.05) is 19.6 Å². The number of phenols is 1. The van der Waals surface area contributed by atoms with Crippen molar-refractivity contribution < 1.29 is 19.4 Å². The van der Waals surface area contributed by atoms with E-state index in [0.717, 1.165) is 6.54 Å². The van der Waals surface area contributed by atoms with Crippen LogP contribution >= 0.6 is 11.6 Å². The first kappa shape index (κ1) is 16.7. The van der Waals surface area contributed by atoms with Gasteiger partial charge in [-0.25, -0.2) is 0 Å². The van der Waals surface area contributed by atoms with Crippen LogP contribution in [0.1, 0.15) is 17.3 Å². The number of hydrogen-bond acceptors (Lipinski definition) is 6. The highest BCUT2D eigenvalue weighted by Crippen LogP contribution is 2.40. The molecule has 0 spiro atoms. The first-order valence-corrected chi connectivity index (χ1v) is 7.46. The molecule has 2 rings (SSSR count). The molecule has 22 heavy (non-hydrogen) atoms. The molecule has 1 fully saturated rings. The minimum Gasteiger partial charge on any atom is -0.503 e. The van der Waals surface area contributed by atoms with Crippen LogP contribution in [-0.4, -0.2) is 50.0 Å². The second-order valence-electron chi connectivity index (χ2n) is 4.84. The van der Waals surface area contributed by atoms with E-state index in [4.69, 9.17) is 26.8 Å². The van der Waals surface area contributed by atoms with E-state index in [1.54, 1.807) is 6.92 Å². The molecule has 7 nitrogen and oxygen atoms in total. The molecule has 1 aliphatic heterocycles. The number of benzene rings is 1. The van der Waals surface area contributed by atoms with E-state index in [9.17, 15) is 9.90 Å². The van der Waals surface area contributed by atoms with Crippen LogP contribution in [0.4, 0.5) is 5.69 Å². The average Bonchev–Trinajstić information content (AvgIpc) is 2.54. The van der Waals surface area contributed by atoms with Gasteiger partial charge in [0.2, 0.25) is 0 Å². The Morgan fingerprint density at radius 2 is 2.45 bits per heavy atom. The van der Waals surface area contributed by atoms with E-state index < -0.39 is 5.91 Å². The fourth-order valence-corrected chi connectivity index (χ4v) is 2.34. The Bertz CT molecular complexity index is 547. The number of nitrogens with one attached hydrogen (secondary N) is 2. The molecule has 1 aromatic rings. The van der Waals surface area contributed by atoms with Gasteiger partial charge in [-0.2, -0.15) is 0 Å². The molecule has 1 amide bonds. The predicted octanol–water partition coefficient (Wildman–Crippen LogP) is 0.745. The topological polar surface area (TPSA) is 106 Å². The quantitative estimate of drug-likeness (QED) is 0.469. The SMILES string of the molecule is CCOc1c(C(=O)NC[C@H]2CNCCO2)cc(Cl)c(N)c1O. The van der Waals surface area contributed by atoms with Gasteiger partial charge in [-0.3, -0.25) is 4.79 Å². The average molecular weight is 330 g/mol. The van der Waals surface area contributed by atoms with Gasteiger partial charge in [-0.05, 0) is 13.0 Å². The van der Waals surface area contributed by atoms with Crippen molar-refractivity contribution in [1.82, 2.24) is 10.6 Å². The normalized spacial score (nSPS) is 18.0. The standard InChI is InChI=1S/C14H20ClN3O4/c1-2-21-13-9(5-10(15)11(16)12(13)19)14(20)18-7-8-6-17-3-4-22-8/h5,8,17,19H,2-4,6-7,16H2,1H3,(H,18,20)/t8-/m1/s1. The molecular formula is C14H20ClN3O4. The maximum atomic E-state index is 12.3. The van der Waals surface area contributed by atoms with Crippen LogP contribution in [0.5, 0.6) is 11.5 Å². The molecule has 122 valence electrons. The number of carbonyl (C=O) groups excluding carboxylic acids is 1. The zero-order valence-corrected chi connectivity index (χ0v) is 13.1. The third kappa shape index (κ3) is 3.73. The van der Waals surface area contributed by atoms with E-state index in [1.807, 2.05) is 0 Å². The second-order valence-corrected chi connectivity index (χ2v) is 5.24. The molecule has 1 atom stereocenters. The van der Waals surface area contributed by atoms with Crippen LogP contribution in [0.2, 0.25) is 5.02 Å². The summed E-state index contributed by atoms with van der Waals surface area (Å²) in [4.78, 5) is 12.3. The van der Waals surface area contributed by atoms with E-state index >= 15 is 0 Å². The Morgan fingerprint density at radius 3 is 3.09 bits per heavy atom. The molecule has 0 aliphatic carbocycles. The van der Waals surface area contributed by atoms with Crippen molar-refractivity contribution in [3.8, 4) is 11.5 Å². The summed E-state index contributed by atoms with van der Waals surface area (Å²) in [5.41, 5.74) is 5.78. The lowest BCUT2D eigenvalue weighted by Gasteiger charge is -2.24. The third-order valence-electron chi connectivity index (χ3n) is 3.27. The maximum Gasteiger partial charge on any atom is 0.255 e. The second kappa shape index (κ2) is 7.53. The van der Waals surface area contributed by atoms with Crippen LogP contribution in [0, 0.1) is 0 Å². The lowest BCUT2D eigenvalue weighted by atomic mass is 10.1. The number of nitrogens with two attached hydrogens (primary N) is 1. The van der Waals surface area contributed by atoms with Crippen molar-refractivity contribution >= 4 is 23.2 Å². The number of aromatic hydroxyl groups is 1. The summed E-state index contributed by atoms with van der Waals surface area (Å²) in [6, 6.07) is 1.39. The molecule has 1 aliphatic rings. The highest BCUT2D eigenvalue weighted by Gasteiger charge is 2.22. The summed E-state index contributed by atoms with van der Waals surface area (Å²) in [6.45, 7) is 4.46. The minimum atomic E-state index is -0.408. The molecule has 1 heterocycles. The number of nitrogen functional groups attached to an aromatic ring is 1. The minimum absolute atomic E-state index is 0.0125. The van der Waals surface area contributed by atoms with Gasteiger partial charge in [0.05, 0.1) is 35.6 Å².